The normalized spacial score (nSPS) is 21.8. The van der Waals surface area contributed by atoms with Gasteiger partial charge < -0.3 is 15.0 Å². The number of H-pyrrole nitrogens is 1. The van der Waals surface area contributed by atoms with Gasteiger partial charge in [0.15, 0.2) is 0 Å². The second-order valence-electron chi connectivity index (χ2n) is 6.30. The number of nitrogens with zero attached hydrogens (tertiary/aromatic N) is 2. The van der Waals surface area contributed by atoms with Gasteiger partial charge in [-0.15, -0.1) is 0 Å². The van der Waals surface area contributed by atoms with Gasteiger partial charge >= 0.3 is 0 Å². The van der Waals surface area contributed by atoms with Crippen LogP contribution in [0.25, 0.3) is 11.0 Å². The fourth-order valence-electron chi connectivity index (χ4n) is 3.21. The van der Waals surface area contributed by atoms with E-state index in [0.29, 0.717) is 5.92 Å². The molecule has 1 aromatic heterocycles. The number of benzene rings is 1. The van der Waals surface area contributed by atoms with Crippen molar-refractivity contribution in [3.8, 4) is 0 Å². The summed E-state index contributed by atoms with van der Waals surface area (Å²) >= 11 is 0. The number of likely N-dealkylation sites (tertiary alicyclic amines) is 1. The second-order valence-corrected chi connectivity index (χ2v) is 6.30. The molecule has 1 saturated heterocycles. The molecule has 0 bridgehead atoms. The van der Waals surface area contributed by atoms with Crippen molar-refractivity contribution in [1.82, 2.24) is 14.9 Å². The van der Waals surface area contributed by atoms with E-state index in [1.165, 1.54) is 18.4 Å². The quantitative estimate of drug-likeness (QED) is 0.909. The Morgan fingerprint density at radius 1 is 1.48 bits per heavy atom. The van der Waals surface area contributed by atoms with E-state index < -0.39 is 0 Å². The number of piperidine rings is 1. The smallest absolute Gasteiger partial charge is 0.111 e. The fourth-order valence-corrected chi connectivity index (χ4v) is 3.21. The molecule has 1 aliphatic rings. The highest BCUT2D eigenvalue weighted by Gasteiger charge is 2.24. The lowest BCUT2D eigenvalue weighted by molar-refractivity contribution is 0.0919. The number of hydrogen-bond acceptors (Lipinski definition) is 3. The van der Waals surface area contributed by atoms with Crippen LogP contribution >= 0.6 is 0 Å². The summed E-state index contributed by atoms with van der Waals surface area (Å²) in [4.78, 5) is 10.6. The molecule has 2 atom stereocenters. The van der Waals surface area contributed by atoms with Crippen molar-refractivity contribution in [1.29, 1.82) is 0 Å². The fraction of sp³-hybridized carbons (Fsp3) is 0.588. The van der Waals surface area contributed by atoms with Gasteiger partial charge in [0.2, 0.25) is 0 Å². The van der Waals surface area contributed by atoms with E-state index >= 15 is 0 Å². The highest BCUT2D eigenvalue weighted by Crippen LogP contribution is 2.27. The number of fused-ring (bicyclic) bond motifs is 1. The van der Waals surface area contributed by atoms with Gasteiger partial charge in [0.25, 0.3) is 0 Å². The minimum atomic E-state index is -0.206. The Labute approximate surface area is 126 Å². The molecule has 1 aliphatic heterocycles. The molecule has 0 spiro atoms. The average molecular weight is 287 g/mol. The molecule has 2 aromatic rings. The summed E-state index contributed by atoms with van der Waals surface area (Å²) in [6.45, 7) is 7.01. The maximum Gasteiger partial charge on any atom is 0.111 e. The van der Waals surface area contributed by atoms with Crippen molar-refractivity contribution in [3.63, 3.8) is 0 Å². The first kappa shape index (κ1) is 14.5. The van der Waals surface area contributed by atoms with Crippen LogP contribution < -0.4 is 0 Å². The highest BCUT2D eigenvalue weighted by molar-refractivity contribution is 5.75. The van der Waals surface area contributed by atoms with Gasteiger partial charge in [-0.25, -0.2) is 4.98 Å². The molecule has 4 nitrogen and oxygen atoms in total. The summed E-state index contributed by atoms with van der Waals surface area (Å²) in [5.74, 6) is 1.56. The number of aromatic nitrogens is 2. The van der Waals surface area contributed by atoms with E-state index in [-0.39, 0.29) is 6.10 Å². The number of hydrogen-bond donors (Lipinski definition) is 2. The van der Waals surface area contributed by atoms with Crippen molar-refractivity contribution in [2.75, 3.05) is 19.6 Å². The van der Waals surface area contributed by atoms with E-state index in [9.17, 15) is 5.11 Å². The van der Waals surface area contributed by atoms with Crippen molar-refractivity contribution < 1.29 is 5.11 Å². The van der Waals surface area contributed by atoms with Crippen molar-refractivity contribution >= 4 is 11.0 Å². The first-order valence-electron chi connectivity index (χ1n) is 8.02. The molecule has 0 radical (unpaired) electrons. The molecular weight excluding hydrogens is 262 g/mol. The van der Waals surface area contributed by atoms with E-state index in [0.717, 1.165) is 42.9 Å². The summed E-state index contributed by atoms with van der Waals surface area (Å²) in [6, 6.07) is 6.36. The molecule has 0 aliphatic carbocycles. The summed E-state index contributed by atoms with van der Waals surface area (Å²) in [5.41, 5.74) is 3.45. The predicted octanol–water partition coefficient (Wildman–Crippen LogP) is 2.82. The first-order chi connectivity index (χ1) is 10.2. The van der Waals surface area contributed by atoms with Crippen molar-refractivity contribution in [3.05, 3.63) is 29.6 Å². The Bertz CT molecular complexity index is 607. The number of aliphatic hydroxyl groups excluding tert-OH is 1. The summed E-state index contributed by atoms with van der Waals surface area (Å²) in [7, 11) is 0. The molecule has 3 rings (SSSR count). The van der Waals surface area contributed by atoms with E-state index in [1.54, 1.807) is 0 Å². The number of nitrogens with one attached hydrogen (secondary N) is 1. The van der Waals surface area contributed by atoms with Gasteiger partial charge in [-0.3, -0.25) is 0 Å². The molecule has 2 heterocycles. The van der Waals surface area contributed by atoms with Crippen LogP contribution in [0.1, 0.15) is 43.5 Å². The monoisotopic (exact) mass is 287 g/mol. The maximum absolute atomic E-state index is 9.85. The Hall–Kier alpha value is -1.39. The molecule has 1 aromatic carbocycles. The lowest BCUT2D eigenvalue weighted by Gasteiger charge is -2.32. The maximum atomic E-state index is 9.85. The van der Waals surface area contributed by atoms with Gasteiger partial charge in [0, 0.05) is 19.0 Å². The Balaban J connectivity index is 1.75. The van der Waals surface area contributed by atoms with Gasteiger partial charge in [0.05, 0.1) is 17.1 Å². The summed E-state index contributed by atoms with van der Waals surface area (Å²) in [5, 5.41) is 9.85. The number of aryl methyl sites for hydroxylation is 1. The number of aromatic amines is 1. The lowest BCUT2D eigenvalue weighted by Crippen LogP contribution is -2.39. The van der Waals surface area contributed by atoms with Gasteiger partial charge in [0.1, 0.15) is 5.82 Å². The lowest BCUT2D eigenvalue weighted by atomic mass is 9.97. The molecule has 0 amide bonds. The number of imidazole rings is 1. The molecule has 0 saturated carbocycles. The van der Waals surface area contributed by atoms with Crippen molar-refractivity contribution in [2.45, 2.75) is 45.1 Å². The SMILES string of the molecule is CC[C@H](O)CN1CCC[C@H](c2nc3ccc(C)cc3[nH]2)C1. The summed E-state index contributed by atoms with van der Waals surface area (Å²) < 4.78 is 0. The summed E-state index contributed by atoms with van der Waals surface area (Å²) in [6.07, 6.45) is 2.97. The van der Waals surface area contributed by atoms with Gasteiger partial charge in [-0.2, -0.15) is 0 Å². The second kappa shape index (κ2) is 6.16. The third-order valence-electron chi connectivity index (χ3n) is 4.49. The third-order valence-corrected chi connectivity index (χ3v) is 4.49. The molecule has 2 N–H and O–H groups in total. The molecule has 1 fully saturated rings. The standard InChI is InChI=1S/C17H25N3O/c1-3-14(21)11-20-8-4-5-13(10-20)17-18-15-7-6-12(2)9-16(15)19-17/h6-7,9,13-14,21H,3-5,8,10-11H2,1-2H3,(H,18,19)/t13-,14-/m0/s1. The van der Waals surface area contributed by atoms with E-state index in [2.05, 4.69) is 35.0 Å². The average Bonchev–Trinajstić information content (AvgIpc) is 2.90. The van der Waals surface area contributed by atoms with E-state index in [4.69, 9.17) is 4.98 Å². The molecule has 21 heavy (non-hydrogen) atoms. The Morgan fingerprint density at radius 2 is 2.33 bits per heavy atom. The first-order valence-corrected chi connectivity index (χ1v) is 8.02. The van der Waals surface area contributed by atoms with Crippen LogP contribution in [0.4, 0.5) is 0 Å². The molecular formula is C17H25N3O. The number of β-amino-alcohol motifs (C(OH)–C–C–N with tert-alkyl or cyclic N) is 1. The van der Waals surface area contributed by atoms with Crippen LogP contribution in [0, 0.1) is 6.92 Å². The Morgan fingerprint density at radius 3 is 3.14 bits per heavy atom. The van der Waals surface area contributed by atoms with Crippen LogP contribution in [0.15, 0.2) is 18.2 Å². The number of rotatable bonds is 4. The molecule has 0 unspecified atom stereocenters. The third kappa shape index (κ3) is 3.27. The molecule has 114 valence electrons. The predicted molar refractivity (Wildman–Crippen MR) is 85.5 cm³/mol. The highest BCUT2D eigenvalue weighted by atomic mass is 16.3. The number of aliphatic hydroxyl groups is 1. The van der Waals surface area contributed by atoms with Crippen LogP contribution in [-0.2, 0) is 0 Å². The van der Waals surface area contributed by atoms with Crippen LogP contribution in [0.2, 0.25) is 0 Å². The minimum Gasteiger partial charge on any atom is -0.392 e. The zero-order valence-electron chi connectivity index (χ0n) is 13.0. The zero-order chi connectivity index (χ0) is 14.8. The molecule has 4 heteroatoms. The Kier molecular flexibility index (Phi) is 4.27. The largest absolute Gasteiger partial charge is 0.392 e. The topological polar surface area (TPSA) is 52.1 Å². The minimum absolute atomic E-state index is 0.206. The van der Waals surface area contributed by atoms with Crippen LogP contribution in [0.5, 0.6) is 0 Å². The van der Waals surface area contributed by atoms with Gasteiger partial charge in [-0.1, -0.05) is 13.0 Å². The zero-order valence-corrected chi connectivity index (χ0v) is 13.0. The van der Waals surface area contributed by atoms with Crippen LogP contribution in [0.3, 0.4) is 0 Å². The van der Waals surface area contributed by atoms with E-state index in [1.807, 2.05) is 6.92 Å². The van der Waals surface area contributed by atoms with Crippen molar-refractivity contribution in [2.24, 2.45) is 0 Å². The van der Waals surface area contributed by atoms with Gasteiger partial charge in [-0.05, 0) is 50.4 Å². The van der Waals surface area contributed by atoms with Crippen LogP contribution in [-0.4, -0.2) is 45.7 Å².